The van der Waals surface area contributed by atoms with Crippen LogP contribution in [-0.4, -0.2) is 13.1 Å². The van der Waals surface area contributed by atoms with E-state index >= 15 is 0 Å². The van der Waals surface area contributed by atoms with Gasteiger partial charge in [-0.05, 0) is 42.3 Å². The lowest BCUT2D eigenvalue weighted by Crippen LogP contribution is -2.04. The molecule has 0 spiro atoms. The zero-order valence-electron chi connectivity index (χ0n) is 11.4. The highest BCUT2D eigenvalue weighted by Gasteiger charge is 2.05. The fourth-order valence-electron chi connectivity index (χ4n) is 1.89. The average molecular weight is 273 g/mol. The van der Waals surface area contributed by atoms with Crippen LogP contribution in [0.15, 0.2) is 42.5 Å². The van der Waals surface area contributed by atoms with Gasteiger partial charge in [0.1, 0.15) is 5.82 Å². The maximum Gasteiger partial charge on any atom is 0.337 e. The number of methoxy groups -OCH3 is 1. The summed E-state index contributed by atoms with van der Waals surface area (Å²) in [5.74, 6) is -0.576. The Hall–Kier alpha value is -2.36. The fraction of sp³-hybridized carbons (Fsp3) is 0.188. The number of anilines is 1. The second-order valence-corrected chi connectivity index (χ2v) is 4.51. The van der Waals surface area contributed by atoms with E-state index in [1.807, 2.05) is 6.07 Å². The summed E-state index contributed by atoms with van der Waals surface area (Å²) < 4.78 is 17.8. The molecule has 20 heavy (non-hydrogen) atoms. The van der Waals surface area contributed by atoms with Crippen LogP contribution in [0.5, 0.6) is 0 Å². The lowest BCUT2D eigenvalue weighted by Gasteiger charge is -2.09. The predicted molar refractivity (Wildman–Crippen MR) is 76.2 cm³/mol. The molecule has 1 N–H and O–H groups in total. The summed E-state index contributed by atoms with van der Waals surface area (Å²) in [4.78, 5) is 11.4. The van der Waals surface area contributed by atoms with Crippen LogP contribution in [0.2, 0.25) is 0 Å². The molecule has 0 saturated carbocycles. The van der Waals surface area contributed by atoms with Crippen LogP contribution in [0.3, 0.4) is 0 Å². The van der Waals surface area contributed by atoms with E-state index in [1.165, 1.54) is 13.2 Å². The molecule has 0 aliphatic rings. The van der Waals surface area contributed by atoms with Gasteiger partial charge in [0.2, 0.25) is 0 Å². The topological polar surface area (TPSA) is 38.3 Å². The number of benzene rings is 2. The molecule has 0 aliphatic carbocycles. The van der Waals surface area contributed by atoms with E-state index in [1.54, 1.807) is 37.3 Å². The smallest absolute Gasteiger partial charge is 0.337 e. The molecule has 0 saturated heterocycles. The van der Waals surface area contributed by atoms with E-state index in [0.717, 1.165) is 11.3 Å². The third-order valence-corrected chi connectivity index (χ3v) is 3.00. The number of carbonyl (C=O) groups is 1. The van der Waals surface area contributed by atoms with E-state index in [9.17, 15) is 9.18 Å². The molecule has 2 rings (SSSR count). The Morgan fingerprint density at radius 3 is 2.75 bits per heavy atom. The summed E-state index contributed by atoms with van der Waals surface area (Å²) in [6.45, 7) is 2.29. The maximum absolute atomic E-state index is 13.2. The first-order valence-electron chi connectivity index (χ1n) is 6.27. The van der Waals surface area contributed by atoms with E-state index < -0.39 is 0 Å². The predicted octanol–water partition coefficient (Wildman–Crippen LogP) is 3.53. The van der Waals surface area contributed by atoms with Crippen molar-refractivity contribution in [3.8, 4) is 0 Å². The van der Waals surface area contributed by atoms with Crippen molar-refractivity contribution in [3.05, 3.63) is 65.0 Å². The molecular formula is C16H16FNO2. The Bertz CT molecular complexity index is 626. The largest absolute Gasteiger partial charge is 0.465 e. The van der Waals surface area contributed by atoms with Crippen molar-refractivity contribution in [2.45, 2.75) is 13.5 Å². The highest BCUT2D eigenvalue weighted by atomic mass is 19.1. The Morgan fingerprint density at radius 1 is 1.25 bits per heavy atom. The molecule has 0 aromatic heterocycles. The second kappa shape index (κ2) is 6.19. The number of aryl methyl sites for hydroxylation is 1. The Kier molecular flexibility index (Phi) is 4.35. The number of hydrogen-bond acceptors (Lipinski definition) is 3. The molecule has 0 fully saturated rings. The van der Waals surface area contributed by atoms with Gasteiger partial charge in [0.25, 0.3) is 0 Å². The zero-order valence-corrected chi connectivity index (χ0v) is 11.4. The van der Waals surface area contributed by atoms with E-state index in [2.05, 4.69) is 10.1 Å². The van der Waals surface area contributed by atoms with Gasteiger partial charge in [-0.1, -0.05) is 18.2 Å². The monoisotopic (exact) mass is 273 g/mol. The van der Waals surface area contributed by atoms with Gasteiger partial charge in [-0.25, -0.2) is 9.18 Å². The van der Waals surface area contributed by atoms with Gasteiger partial charge in [-0.3, -0.25) is 0 Å². The van der Waals surface area contributed by atoms with Gasteiger partial charge >= 0.3 is 5.97 Å². The summed E-state index contributed by atoms with van der Waals surface area (Å²) in [6.07, 6.45) is 0. The quantitative estimate of drug-likeness (QED) is 0.866. The number of carbonyl (C=O) groups excluding carboxylic acids is 1. The summed E-state index contributed by atoms with van der Waals surface area (Å²) in [5.41, 5.74) is 2.91. The van der Waals surface area contributed by atoms with E-state index in [0.29, 0.717) is 17.7 Å². The third kappa shape index (κ3) is 3.35. The minimum absolute atomic E-state index is 0.207. The van der Waals surface area contributed by atoms with Crippen molar-refractivity contribution in [1.29, 1.82) is 0 Å². The highest BCUT2D eigenvalue weighted by molar-refractivity contribution is 5.90. The van der Waals surface area contributed by atoms with E-state index in [4.69, 9.17) is 0 Å². The van der Waals surface area contributed by atoms with Gasteiger partial charge in [-0.2, -0.15) is 0 Å². The van der Waals surface area contributed by atoms with Crippen LogP contribution >= 0.6 is 0 Å². The molecule has 0 bridgehead atoms. The molecule has 0 aliphatic heterocycles. The number of halogens is 1. The van der Waals surface area contributed by atoms with Crippen molar-refractivity contribution in [2.24, 2.45) is 0 Å². The molecule has 0 amide bonds. The fourth-order valence-corrected chi connectivity index (χ4v) is 1.89. The molecule has 2 aromatic rings. The van der Waals surface area contributed by atoms with Crippen molar-refractivity contribution in [2.75, 3.05) is 12.4 Å². The molecular weight excluding hydrogens is 257 g/mol. The molecule has 3 nitrogen and oxygen atoms in total. The van der Waals surface area contributed by atoms with Gasteiger partial charge in [0.15, 0.2) is 0 Å². The average Bonchev–Trinajstić information content (AvgIpc) is 2.48. The summed E-state index contributed by atoms with van der Waals surface area (Å²) in [7, 11) is 1.35. The Balaban J connectivity index is 2.07. The normalized spacial score (nSPS) is 10.2. The molecule has 0 radical (unpaired) electrons. The highest BCUT2D eigenvalue weighted by Crippen LogP contribution is 2.14. The minimum atomic E-state index is -0.369. The molecule has 0 heterocycles. The number of nitrogens with one attached hydrogen (secondary N) is 1. The number of ether oxygens (including phenoxy) is 1. The third-order valence-electron chi connectivity index (χ3n) is 3.00. The Labute approximate surface area is 117 Å². The van der Waals surface area contributed by atoms with Crippen LogP contribution < -0.4 is 5.32 Å². The van der Waals surface area contributed by atoms with E-state index in [-0.39, 0.29) is 11.8 Å². The molecule has 4 heteroatoms. The van der Waals surface area contributed by atoms with Gasteiger partial charge in [0.05, 0.1) is 12.7 Å². The van der Waals surface area contributed by atoms with Crippen molar-refractivity contribution in [3.63, 3.8) is 0 Å². The molecule has 0 unspecified atom stereocenters. The Morgan fingerprint density at radius 2 is 2.05 bits per heavy atom. The molecule has 104 valence electrons. The van der Waals surface area contributed by atoms with Gasteiger partial charge in [0, 0.05) is 12.2 Å². The molecule has 0 atom stereocenters. The first-order valence-corrected chi connectivity index (χ1v) is 6.27. The summed E-state index contributed by atoms with van der Waals surface area (Å²) >= 11 is 0. The second-order valence-electron chi connectivity index (χ2n) is 4.51. The maximum atomic E-state index is 13.2. The summed E-state index contributed by atoms with van der Waals surface area (Å²) in [6, 6.07) is 12.1. The number of esters is 1. The van der Waals surface area contributed by atoms with Gasteiger partial charge in [-0.15, -0.1) is 0 Å². The summed E-state index contributed by atoms with van der Waals surface area (Å²) in [5, 5.41) is 3.20. The van der Waals surface area contributed by atoms with Crippen molar-refractivity contribution >= 4 is 11.7 Å². The molecule has 2 aromatic carbocycles. The first-order chi connectivity index (χ1) is 9.60. The SMILES string of the molecule is COC(=O)c1cccc(NCc2ccc(F)c(C)c2)c1. The van der Waals surface area contributed by atoms with Gasteiger partial charge < -0.3 is 10.1 Å². The first kappa shape index (κ1) is 14.1. The van der Waals surface area contributed by atoms with Crippen molar-refractivity contribution < 1.29 is 13.9 Å². The number of rotatable bonds is 4. The zero-order chi connectivity index (χ0) is 14.5. The van der Waals surface area contributed by atoms with Crippen LogP contribution in [0.25, 0.3) is 0 Å². The van der Waals surface area contributed by atoms with Crippen LogP contribution in [0.4, 0.5) is 10.1 Å². The lowest BCUT2D eigenvalue weighted by atomic mass is 10.1. The lowest BCUT2D eigenvalue weighted by molar-refractivity contribution is 0.0601. The number of hydrogen-bond donors (Lipinski definition) is 1. The standard InChI is InChI=1S/C16H16FNO2/c1-11-8-12(6-7-15(11)17)10-18-14-5-3-4-13(9-14)16(19)20-2/h3-9,18H,10H2,1-2H3. The van der Waals surface area contributed by atoms with Crippen LogP contribution in [0, 0.1) is 12.7 Å². The van der Waals surface area contributed by atoms with Crippen LogP contribution in [0.1, 0.15) is 21.5 Å². The van der Waals surface area contributed by atoms with Crippen LogP contribution in [-0.2, 0) is 11.3 Å². The van der Waals surface area contributed by atoms with Crippen molar-refractivity contribution in [1.82, 2.24) is 0 Å². The minimum Gasteiger partial charge on any atom is -0.465 e.